The van der Waals surface area contributed by atoms with E-state index >= 15 is 8.78 Å². The Bertz CT molecular complexity index is 2580. The highest BCUT2D eigenvalue weighted by atomic mass is 79.9. The van der Waals surface area contributed by atoms with Crippen molar-refractivity contribution in [3.8, 4) is 5.75 Å². The number of nitrogens with one attached hydrogen (secondary N) is 4. The average molecular weight is 960 g/mol. The fourth-order valence-corrected chi connectivity index (χ4v) is 11.0. The van der Waals surface area contributed by atoms with E-state index < -0.39 is 36.5 Å². The Hall–Kier alpha value is -5.09. The fraction of sp³-hybridized carbons (Fsp3) is 0.435. The van der Waals surface area contributed by atoms with E-state index in [1.165, 1.54) is 17.7 Å². The molecule has 14 nitrogen and oxygen atoms in total. The molecule has 1 unspecified atom stereocenters. The molecule has 2 amide bonds. The summed E-state index contributed by atoms with van der Waals surface area (Å²) < 4.78 is 50.1. The van der Waals surface area contributed by atoms with Gasteiger partial charge in [-0.15, -0.1) is 0 Å². The summed E-state index contributed by atoms with van der Waals surface area (Å²) in [6, 6.07) is 11.4. The van der Waals surface area contributed by atoms with Crippen LogP contribution >= 0.6 is 23.1 Å². The smallest absolute Gasteiger partial charge is 0.234 e. The zero-order valence-corrected chi connectivity index (χ0v) is 39.0. The molecule has 0 bridgehead atoms. The molecular formula is C46H54BrF2N10O4P. The number of halogens is 3. The SMILES string of the molecule is CCc1cc(Nc2ncc(Br)c(Nc3ccc4nccnc4c3P(C)(C)=O)n2)c(OC)cc1N1CCC(N2CCC(NCCc3cc(F)c(C4CCC(=O)NC4=O)c(F)c3)CC2)CC1. The summed E-state index contributed by atoms with van der Waals surface area (Å²) >= 11 is 3.59. The Morgan fingerprint density at radius 3 is 2.34 bits per heavy atom. The average Bonchev–Trinajstić information content (AvgIpc) is 3.27. The number of aromatic nitrogens is 4. The molecule has 64 heavy (non-hydrogen) atoms. The first-order valence-corrected chi connectivity index (χ1v) is 25.3. The second-order valence-electron chi connectivity index (χ2n) is 17.1. The molecule has 3 saturated heterocycles. The van der Waals surface area contributed by atoms with E-state index in [1.54, 1.807) is 39.0 Å². The van der Waals surface area contributed by atoms with Gasteiger partial charge in [-0.3, -0.25) is 24.9 Å². The van der Waals surface area contributed by atoms with Crippen LogP contribution in [-0.2, 0) is 27.0 Å². The minimum absolute atomic E-state index is 0.0631. The number of benzene rings is 3. The summed E-state index contributed by atoms with van der Waals surface area (Å²) in [5.74, 6) is -2.01. The first kappa shape index (κ1) is 45.5. The standard InChI is InChI=1S/C46H54BrF2N10O4P/c1-5-28-24-37(55-46-53-26-32(47)44(57-46)54-36-8-7-35-42(52-17-16-51-35)43(36)64(3,4)62)39(63-2)25-38(28)59-20-13-30(14-21-59)58-18-11-29(12-19-58)50-15-10-27-22-33(48)41(34(49)23-27)31-6-9-40(60)56-45(31)61/h7-8,16-17,22-26,29-31,50H,5-6,9-15,18-21H2,1-4H3,(H,56,60,61)(H2,53,54,55,57). The second kappa shape index (κ2) is 19.6. The normalized spacial score (nSPS) is 18.0. The Labute approximate surface area is 380 Å². The largest absolute Gasteiger partial charge is 0.494 e. The molecular weight excluding hydrogens is 905 g/mol. The van der Waals surface area contributed by atoms with E-state index in [0.29, 0.717) is 74.6 Å². The number of imide groups is 1. The van der Waals surface area contributed by atoms with Crippen molar-refractivity contribution in [3.05, 3.63) is 87.8 Å². The number of hydrogen-bond acceptors (Lipinski definition) is 13. The zero-order valence-electron chi connectivity index (χ0n) is 36.5. The highest BCUT2D eigenvalue weighted by Crippen LogP contribution is 2.42. The van der Waals surface area contributed by atoms with Crippen molar-refractivity contribution in [2.45, 2.75) is 76.3 Å². The highest BCUT2D eigenvalue weighted by molar-refractivity contribution is 9.10. The number of anilines is 5. The predicted octanol–water partition coefficient (Wildman–Crippen LogP) is 7.55. The van der Waals surface area contributed by atoms with Crippen LogP contribution in [0.15, 0.2) is 59.5 Å². The molecule has 0 spiro atoms. The molecule has 3 fully saturated rings. The van der Waals surface area contributed by atoms with E-state index in [2.05, 4.69) is 81.0 Å². The number of hydrogen-bond donors (Lipinski definition) is 4. The van der Waals surface area contributed by atoms with Crippen LogP contribution in [0.3, 0.4) is 0 Å². The van der Waals surface area contributed by atoms with Gasteiger partial charge < -0.3 is 35.1 Å². The van der Waals surface area contributed by atoms with Crippen molar-refractivity contribution in [2.75, 3.05) is 68.7 Å². The van der Waals surface area contributed by atoms with Gasteiger partial charge in [0.2, 0.25) is 17.8 Å². The topological polar surface area (TPSA) is 167 Å². The number of ether oxygens (including phenoxy) is 1. The van der Waals surface area contributed by atoms with Crippen LogP contribution in [-0.4, -0.2) is 102 Å². The molecule has 4 N–H and O–H groups in total. The second-order valence-corrected chi connectivity index (χ2v) is 21.1. The number of aryl methyl sites for hydroxylation is 1. The zero-order chi connectivity index (χ0) is 45.1. The maximum atomic E-state index is 15.0. The Morgan fingerprint density at radius 1 is 0.922 bits per heavy atom. The number of methoxy groups -OCH3 is 1. The lowest BCUT2D eigenvalue weighted by Crippen LogP contribution is -2.50. The Kier molecular flexibility index (Phi) is 13.9. The summed E-state index contributed by atoms with van der Waals surface area (Å²) in [6.45, 7) is 10.0. The van der Waals surface area contributed by atoms with Crippen LogP contribution in [0.2, 0.25) is 0 Å². The fourth-order valence-electron chi connectivity index (χ4n) is 9.33. The van der Waals surface area contributed by atoms with Gasteiger partial charge in [0.05, 0.1) is 39.7 Å². The minimum atomic E-state index is -2.78. The van der Waals surface area contributed by atoms with Gasteiger partial charge in [-0.25, -0.2) is 13.8 Å². The lowest BCUT2D eigenvalue weighted by molar-refractivity contribution is -0.134. The van der Waals surface area contributed by atoms with Crippen molar-refractivity contribution in [3.63, 3.8) is 0 Å². The van der Waals surface area contributed by atoms with Crippen molar-refractivity contribution >= 4 is 80.1 Å². The third kappa shape index (κ3) is 10.1. The Balaban J connectivity index is 0.848. The van der Waals surface area contributed by atoms with Crippen molar-refractivity contribution < 1.29 is 27.7 Å². The van der Waals surface area contributed by atoms with Crippen molar-refractivity contribution in [1.29, 1.82) is 0 Å². The number of piperidine rings is 3. The first-order chi connectivity index (χ1) is 30.8. The van der Waals surface area contributed by atoms with Gasteiger partial charge in [-0.2, -0.15) is 4.98 Å². The number of fused-ring (bicyclic) bond motifs is 1. The molecule has 3 aliphatic heterocycles. The monoisotopic (exact) mass is 958 g/mol. The van der Waals surface area contributed by atoms with Gasteiger partial charge in [0.1, 0.15) is 35.9 Å². The van der Waals surface area contributed by atoms with Crippen LogP contribution in [0, 0.1) is 11.6 Å². The maximum absolute atomic E-state index is 15.0. The summed E-state index contributed by atoms with van der Waals surface area (Å²) in [5, 5.41) is 13.1. The van der Waals surface area contributed by atoms with Gasteiger partial charge in [0.15, 0.2) is 0 Å². The van der Waals surface area contributed by atoms with E-state index in [4.69, 9.17) is 9.72 Å². The van der Waals surface area contributed by atoms with E-state index in [9.17, 15) is 14.2 Å². The summed E-state index contributed by atoms with van der Waals surface area (Å²) in [4.78, 5) is 47.1. The maximum Gasteiger partial charge on any atom is 0.234 e. The lowest BCUT2D eigenvalue weighted by Gasteiger charge is -2.43. The van der Waals surface area contributed by atoms with E-state index in [1.807, 2.05) is 12.1 Å². The molecule has 1 atom stereocenters. The predicted molar refractivity (Wildman–Crippen MR) is 250 cm³/mol. The molecule has 0 aliphatic carbocycles. The van der Waals surface area contributed by atoms with Crippen molar-refractivity contribution in [2.24, 2.45) is 0 Å². The van der Waals surface area contributed by atoms with Gasteiger partial charge in [0.25, 0.3) is 0 Å². The third-order valence-corrected chi connectivity index (χ3v) is 14.7. The molecule has 5 aromatic rings. The van der Waals surface area contributed by atoms with Crippen LogP contribution in [0.25, 0.3) is 11.0 Å². The molecule has 0 radical (unpaired) electrons. The number of likely N-dealkylation sites (tertiary alicyclic amines) is 1. The summed E-state index contributed by atoms with van der Waals surface area (Å²) in [7, 11) is -1.12. The van der Waals surface area contributed by atoms with E-state index in [0.717, 1.165) is 69.7 Å². The quantitative estimate of drug-likeness (QED) is 0.0637. The molecule has 18 heteroatoms. The van der Waals surface area contributed by atoms with Crippen LogP contribution in [0.4, 0.5) is 37.6 Å². The molecule has 5 heterocycles. The Morgan fingerprint density at radius 2 is 1.66 bits per heavy atom. The molecule has 3 aliphatic rings. The summed E-state index contributed by atoms with van der Waals surface area (Å²) in [5.41, 5.74) is 5.25. The first-order valence-electron chi connectivity index (χ1n) is 21.9. The van der Waals surface area contributed by atoms with Crippen molar-refractivity contribution in [1.82, 2.24) is 35.5 Å². The molecule has 0 saturated carbocycles. The van der Waals surface area contributed by atoms with E-state index in [-0.39, 0.29) is 18.4 Å². The molecule has 338 valence electrons. The minimum Gasteiger partial charge on any atom is -0.494 e. The lowest BCUT2D eigenvalue weighted by atomic mass is 9.89. The van der Waals surface area contributed by atoms with Crippen LogP contribution in [0.1, 0.15) is 68.1 Å². The van der Waals surface area contributed by atoms with Gasteiger partial charge in [0, 0.05) is 67.5 Å². The number of carbonyl (C=O) groups is 2. The molecule has 8 rings (SSSR count). The van der Waals surface area contributed by atoms with Gasteiger partial charge >= 0.3 is 0 Å². The van der Waals surface area contributed by atoms with Crippen LogP contribution < -0.4 is 36.2 Å². The van der Waals surface area contributed by atoms with Gasteiger partial charge in [-0.1, -0.05) is 6.92 Å². The third-order valence-electron chi connectivity index (χ3n) is 12.6. The number of rotatable bonds is 14. The summed E-state index contributed by atoms with van der Waals surface area (Å²) in [6.07, 6.45) is 10.4. The molecule has 3 aromatic carbocycles. The highest BCUT2D eigenvalue weighted by Gasteiger charge is 2.33. The van der Waals surface area contributed by atoms with Gasteiger partial charge in [-0.05, 0) is 135 Å². The van der Waals surface area contributed by atoms with Crippen LogP contribution in [0.5, 0.6) is 5.75 Å². The number of nitrogens with zero attached hydrogens (tertiary/aromatic N) is 6. The molecule has 2 aromatic heterocycles. The number of amides is 2. The number of carbonyl (C=O) groups excluding carboxylic acids is 2.